The lowest BCUT2D eigenvalue weighted by Gasteiger charge is -2.15. The molecule has 0 aliphatic rings. The van der Waals surface area contributed by atoms with E-state index in [0.717, 1.165) is 0 Å². The molecule has 2 heterocycles. The van der Waals surface area contributed by atoms with Crippen LogP contribution in [0.25, 0.3) is 28.2 Å². The molecule has 0 spiro atoms. The number of halogens is 1. The first kappa shape index (κ1) is 22.0. The summed E-state index contributed by atoms with van der Waals surface area (Å²) in [6.07, 6.45) is -0.0610. The third-order valence-electron chi connectivity index (χ3n) is 4.72. The van der Waals surface area contributed by atoms with E-state index < -0.39 is 17.4 Å². The predicted octanol–water partition coefficient (Wildman–Crippen LogP) is 3.20. The van der Waals surface area contributed by atoms with Crippen LogP contribution in [0, 0.1) is 5.82 Å². The summed E-state index contributed by atoms with van der Waals surface area (Å²) in [4.78, 5) is 36.2. The molecule has 4 aromatic rings. The van der Waals surface area contributed by atoms with E-state index in [0.29, 0.717) is 29.4 Å². The number of nitrogens with zero attached hydrogens (tertiary/aromatic N) is 3. The molecule has 9 nitrogen and oxygen atoms in total. The summed E-state index contributed by atoms with van der Waals surface area (Å²) in [5.41, 5.74) is 5.94. The maximum atomic E-state index is 13.4. The summed E-state index contributed by atoms with van der Waals surface area (Å²) < 4.78 is 26.1. The molecule has 0 saturated heterocycles. The third-order valence-corrected chi connectivity index (χ3v) is 4.72. The number of H-pyrrole nitrogens is 1. The van der Waals surface area contributed by atoms with Gasteiger partial charge in [-0.2, -0.15) is 0 Å². The molecule has 2 aromatic carbocycles. The summed E-state index contributed by atoms with van der Waals surface area (Å²) in [6, 6.07) is 10.4. The molecule has 0 radical (unpaired) electrons. The summed E-state index contributed by atoms with van der Waals surface area (Å²) in [7, 11) is 0. The molecule has 0 unspecified atom stereocenters. The van der Waals surface area contributed by atoms with Crippen LogP contribution in [0.3, 0.4) is 0 Å². The average Bonchev–Trinajstić information content (AvgIpc) is 3.10. The fourth-order valence-electron chi connectivity index (χ4n) is 3.39. The number of hydrogen-bond acceptors (Lipinski definition) is 6. The van der Waals surface area contributed by atoms with Crippen LogP contribution in [-0.2, 0) is 0 Å². The van der Waals surface area contributed by atoms with E-state index in [2.05, 4.69) is 15.0 Å². The highest BCUT2D eigenvalue weighted by Crippen LogP contribution is 2.33. The molecule has 4 rings (SSSR count). The summed E-state index contributed by atoms with van der Waals surface area (Å²) in [5.74, 6) is -0.0919. The maximum Gasteiger partial charge on any atom is 0.332 e. The van der Waals surface area contributed by atoms with Crippen molar-refractivity contribution in [3.05, 3.63) is 64.5 Å². The molecule has 0 bridgehead atoms. The number of aromatic amines is 1. The number of carbonyl (C=O) groups is 1. The highest BCUT2D eigenvalue weighted by molar-refractivity contribution is 6.02. The Morgan fingerprint density at radius 2 is 1.88 bits per heavy atom. The topological polar surface area (TPSA) is 125 Å². The first-order valence-corrected chi connectivity index (χ1v) is 10.3. The lowest BCUT2D eigenvalue weighted by Crippen LogP contribution is -2.15. The van der Waals surface area contributed by atoms with Crippen molar-refractivity contribution in [1.29, 1.82) is 0 Å². The van der Waals surface area contributed by atoms with Gasteiger partial charge in [0.2, 0.25) is 0 Å². The lowest BCUT2D eigenvalue weighted by molar-refractivity contribution is 0.0997. The van der Waals surface area contributed by atoms with Crippen molar-refractivity contribution >= 4 is 17.1 Å². The molecule has 0 atom stereocenters. The SMILES string of the molecule is CCOc1cc(-c2nc(C(N)=O)c3[nH]c(=O)n(-c4ccc(F)cc4)c3n2)ccc1OC(C)C. The van der Waals surface area contributed by atoms with Gasteiger partial charge in [-0.1, -0.05) is 0 Å². The quantitative estimate of drug-likeness (QED) is 0.445. The Labute approximate surface area is 188 Å². The van der Waals surface area contributed by atoms with Gasteiger partial charge in [-0.3, -0.25) is 4.79 Å². The van der Waals surface area contributed by atoms with Crippen LogP contribution in [0.1, 0.15) is 31.3 Å². The van der Waals surface area contributed by atoms with E-state index in [1.54, 1.807) is 18.2 Å². The number of amides is 1. The molecule has 0 aliphatic carbocycles. The molecule has 0 aliphatic heterocycles. The molecule has 33 heavy (non-hydrogen) atoms. The van der Waals surface area contributed by atoms with E-state index in [-0.39, 0.29) is 28.8 Å². The number of ether oxygens (including phenoxy) is 2. The van der Waals surface area contributed by atoms with Crippen LogP contribution < -0.4 is 20.9 Å². The zero-order chi connectivity index (χ0) is 23.7. The number of nitrogens with two attached hydrogens (primary N) is 1. The van der Waals surface area contributed by atoms with E-state index in [1.807, 2.05) is 20.8 Å². The first-order chi connectivity index (χ1) is 15.8. The van der Waals surface area contributed by atoms with E-state index in [1.165, 1.54) is 28.8 Å². The van der Waals surface area contributed by atoms with Crippen LogP contribution in [0.4, 0.5) is 4.39 Å². The number of aromatic nitrogens is 4. The number of primary amides is 1. The van der Waals surface area contributed by atoms with Crippen LogP contribution >= 0.6 is 0 Å². The van der Waals surface area contributed by atoms with Gasteiger partial charge in [0, 0.05) is 5.56 Å². The first-order valence-electron chi connectivity index (χ1n) is 10.3. The minimum atomic E-state index is -0.832. The van der Waals surface area contributed by atoms with Gasteiger partial charge in [0.05, 0.1) is 18.4 Å². The Morgan fingerprint density at radius 3 is 2.52 bits per heavy atom. The minimum absolute atomic E-state index is 0.0610. The second-order valence-corrected chi connectivity index (χ2v) is 7.46. The van der Waals surface area contributed by atoms with Crippen molar-refractivity contribution in [1.82, 2.24) is 19.5 Å². The number of imidazole rings is 1. The highest BCUT2D eigenvalue weighted by Gasteiger charge is 2.21. The molecule has 10 heteroatoms. The van der Waals surface area contributed by atoms with E-state index >= 15 is 0 Å². The molecular weight excluding hydrogens is 429 g/mol. The van der Waals surface area contributed by atoms with E-state index in [4.69, 9.17) is 15.2 Å². The summed E-state index contributed by atoms with van der Waals surface area (Å²) >= 11 is 0. The van der Waals surface area contributed by atoms with Crippen molar-refractivity contribution in [2.45, 2.75) is 26.9 Å². The molecule has 0 saturated carbocycles. The Balaban J connectivity index is 1.94. The monoisotopic (exact) mass is 451 g/mol. The summed E-state index contributed by atoms with van der Waals surface area (Å²) in [5, 5.41) is 0. The zero-order valence-corrected chi connectivity index (χ0v) is 18.3. The molecule has 3 N–H and O–H groups in total. The number of benzene rings is 2. The Kier molecular flexibility index (Phi) is 5.82. The third kappa shape index (κ3) is 4.27. The second-order valence-electron chi connectivity index (χ2n) is 7.46. The van der Waals surface area contributed by atoms with Gasteiger partial charge in [0.15, 0.2) is 28.7 Å². The van der Waals surface area contributed by atoms with Gasteiger partial charge in [0.1, 0.15) is 11.3 Å². The van der Waals surface area contributed by atoms with Crippen LogP contribution in [-0.4, -0.2) is 38.1 Å². The molecule has 1 amide bonds. The van der Waals surface area contributed by atoms with Crippen molar-refractivity contribution in [2.75, 3.05) is 6.61 Å². The van der Waals surface area contributed by atoms with Crippen LogP contribution in [0.2, 0.25) is 0 Å². The van der Waals surface area contributed by atoms with Gasteiger partial charge in [-0.05, 0) is 63.2 Å². The average molecular weight is 451 g/mol. The molecule has 170 valence electrons. The highest BCUT2D eigenvalue weighted by atomic mass is 19.1. The predicted molar refractivity (Wildman–Crippen MR) is 120 cm³/mol. The van der Waals surface area contributed by atoms with Crippen molar-refractivity contribution in [3.8, 4) is 28.6 Å². The molecular formula is C23H22FN5O4. The Bertz CT molecular complexity index is 1390. The standard InChI is InChI=1S/C23H22FN5O4/c1-4-32-17-11-13(5-10-16(17)33-12(2)3)21-26-18(20(25)30)19-22(28-21)29(23(31)27-19)15-8-6-14(24)7-9-15/h5-12H,4H2,1-3H3,(H2,25,30)(H,27,31). The largest absolute Gasteiger partial charge is 0.490 e. The van der Waals surface area contributed by atoms with Gasteiger partial charge < -0.3 is 20.2 Å². The van der Waals surface area contributed by atoms with Crippen molar-refractivity contribution < 1.29 is 18.7 Å². The second kappa shape index (κ2) is 8.73. The zero-order valence-electron chi connectivity index (χ0n) is 18.3. The number of fused-ring (bicyclic) bond motifs is 1. The number of rotatable bonds is 7. The van der Waals surface area contributed by atoms with Crippen LogP contribution in [0.5, 0.6) is 11.5 Å². The summed E-state index contributed by atoms with van der Waals surface area (Å²) in [6.45, 7) is 6.06. The Morgan fingerprint density at radius 1 is 1.15 bits per heavy atom. The van der Waals surface area contributed by atoms with Gasteiger partial charge in [0.25, 0.3) is 5.91 Å². The smallest absolute Gasteiger partial charge is 0.332 e. The number of nitrogens with one attached hydrogen (secondary N) is 1. The lowest BCUT2D eigenvalue weighted by atomic mass is 10.1. The normalized spacial score (nSPS) is 11.2. The Hall–Kier alpha value is -4.21. The van der Waals surface area contributed by atoms with Gasteiger partial charge in [-0.25, -0.2) is 23.7 Å². The fourth-order valence-corrected chi connectivity index (χ4v) is 3.39. The van der Waals surface area contributed by atoms with E-state index in [9.17, 15) is 14.0 Å². The van der Waals surface area contributed by atoms with Gasteiger partial charge >= 0.3 is 5.69 Å². The van der Waals surface area contributed by atoms with Crippen molar-refractivity contribution in [3.63, 3.8) is 0 Å². The van der Waals surface area contributed by atoms with Crippen molar-refractivity contribution in [2.24, 2.45) is 5.73 Å². The molecule has 0 fully saturated rings. The number of carbonyl (C=O) groups excluding carboxylic acids is 1. The number of hydrogen-bond donors (Lipinski definition) is 2. The maximum absolute atomic E-state index is 13.4. The fraction of sp³-hybridized carbons (Fsp3) is 0.217. The minimum Gasteiger partial charge on any atom is -0.490 e. The molecule has 2 aromatic heterocycles. The van der Waals surface area contributed by atoms with Gasteiger partial charge in [-0.15, -0.1) is 0 Å². The van der Waals surface area contributed by atoms with Crippen LogP contribution in [0.15, 0.2) is 47.3 Å².